The molecule has 0 atom stereocenters. The van der Waals surface area contributed by atoms with Gasteiger partial charge in [0.1, 0.15) is 23.8 Å². The molecular formula is C15H16ClN3O2. The van der Waals surface area contributed by atoms with Gasteiger partial charge < -0.3 is 9.57 Å². The summed E-state index contributed by atoms with van der Waals surface area (Å²) >= 11 is 5.79. The molecule has 2 aromatic rings. The van der Waals surface area contributed by atoms with Crippen molar-refractivity contribution in [1.82, 2.24) is 9.97 Å². The van der Waals surface area contributed by atoms with Gasteiger partial charge in [0.05, 0.1) is 12.8 Å². The Hall–Kier alpha value is -2.14. The van der Waals surface area contributed by atoms with Gasteiger partial charge in [-0.05, 0) is 31.2 Å². The van der Waals surface area contributed by atoms with Gasteiger partial charge in [-0.2, -0.15) is 0 Å². The Balaban J connectivity index is 1.65. The van der Waals surface area contributed by atoms with Gasteiger partial charge in [-0.25, -0.2) is 0 Å². The number of ether oxygens (including phenoxy) is 1. The molecule has 0 amide bonds. The second-order valence-electron chi connectivity index (χ2n) is 4.26. The number of benzene rings is 1. The first kappa shape index (κ1) is 15.3. The molecular weight excluding hydrogens is 290 g/mol. The highest BCUT2D eigenvalue weighted by Crippen LogP contribution is 2.15. The molecule has 0 saturated heterocycles. The minimum atomic E-state index is 0.477. The number of hydrogen-bond donors (Lipinski definition) is 0. The van der Waals surface area contributed by atoms with Gasteiger partial charge in [0.2, 0.25) is 0 Å². The van der Waals surface area contributed by atoms with Crippen LogP contribution in [0.25, 0.3) is 0 Å². The quantitative estimate of drug-likeness (QED) is 0.447. The molecule has 0 bridgehead atoms. The number of rotatable bonds is 7. The van der Waals surface area contributed by atoms with Crippen LogP contribution in [-0.4, -0.2) is 28.9 Å². The molecule has 5 nitrogen and oxygen atoms in total. The van der Waals surface area contributed by atoms with Crippen LogP contribution < -0.4 is 4.74 Å². The molecule has 0 fully saturated rings. The molecule has 6 heteroatoms. The van der Waals surface area contributed by atoms with Crippen LogP contribution in [0.2, 0.25) is 5.02 Å². The highest BCUT2D eigenvalue weighted by atomic mass is 35.5. The van der Waals surface area contributed by atoms with Crippen molar-refractivity contribution in [1.29, 1.82) is 0 Å². The lowest BCUT2D eigenvalue weighted by atomic mass is 10.3. The molecule has 1 aromatic heterocycles. The van der Waals surface area contributed by atoms with E-state index in [1.165, 1.54) is 0 Å². The van der Waals surface area contributed by atoms with Crippen LogP contribution in [-0.2, 0) is 4.84 Å². The first-order valence-corrected chi connectivity index (χ1v) is 6.95. The van der Waals surface area contributed by atoms with E-state index >= 15 is 0 Å². The monoisotopic (exact) mass is 305 g/mol. The average Bonchev–Trinajstić information content (AvgIpc) is 2.53. The van der Waals surface area contributed by atoms with E-state index in [0.29, 0.717) is 29.6 Å². The summed E-state index contributed by atoms with van der Waals surface area (Å²) in [5.41, 5.74) is 1.40. The van der Waals surface area contributed by atoms with E-state index in [9.17, 15) is 0 Å². The van der Waals surface area contributed by atoms with Crippen molar-refractivity contribution in [2.24, 2.45) is 5.16 Å². The van der Waals surface area contributed by atoms with Gasteiger partial charge in [0, 0.05) is 23.8 Å². The van der Waals surface area contributed by atoms with Crippen LogP contribution >= 0.6 is 11.6 Å². The lowest BCUT2D eigenvalue weighted by Crippen LogP contribution is -2.03. The molecule has 0 unspecified atom stereocenters. The van der Waals surface area contributed by atoms with Crippen LogP contribution in [0.5, 0.6) is 5.75 Å². The SMILES string of the molecule is C/C(=N\OCCCOc1ccc(Cl)cc1)c1cnccn1. The number of hydrogen-bond acceptors (Lipinski definition) is 5. The molecule has 1 heterocycles. The first-order valence-electron chi connectivity index (χ1n) is 6.57. The largest absolute Gasteiger partial charge is 0.493 e. The van der Waals surface area contributed by atoms with Crippen LogP contribution in [0.1, 0.15) is 19.0 Å². The van der Waals surface area contributed by atoms with Crippen molar-refractivity contribution in [3.8, 4) is 5.75 Å². The van der Waals surface area contributed by atoms with Gasteiger partial charge in [-0.1, -0.05) is 16.8 Å². The third kappa shape index (κ3) is 5.39. The molecule has 0 aliphatic carbocycles. The van der Waals surface area contributed by atoms with Crippen LogP contribution in [0.4, 0.5) is 0 Å². The predicted octanol–water partition coefficient (Wildman–Crippen LogP) is 3.34. The second-order valence-corrected chi connectivity index (χ2v) is 4.69. The Kier molecular flexibility index (Phi) is 5.97. The Morgan fingerprint density at radius 1 is 1.19 bits per heavy atom. The highest BCUT2D eigenvalue weighted by Gasteiger charge is 1.99. The molecule has 0 spiro atoms. The minimum Gasteiger partial charge on any atom is -0.493 e. The normalized spacial score (nSPS) is 11.2. The molecule has 2 rings (SSSR count). The van der Waals surface area contributed by atoms with Crippen molar-refractivity contribution in [2.75, 3.05) is 13.2 Å². The van der Waals surface area contributed by atoms with Crippen molar-refractivity contribution in [3.05, 3.63) is 53.6 Å². The molecule has 0 saturated carbocycles. The summed E-state index contributed by atoms with van der Waals surface area (Å²) in [4.78, 5) is 13.3. The molecule has 110 valence electrons. The van der Waals surface area contributed by atoms with Crippen molar-refractivity contribution in [3.63, 3.8) is 0 Å². The second kappa shape index (κ2) is 8.21. The molecule has 0 N–H and O–H groups in total. The number of oxime groups is 1. The molecule has 21 heavy (non-hydrogen) atoms. The maximum absolute atomic E-state index is 5.79. The lowest BCUT2D eigenvalue weighted by molar-refractivity contribution is 0.127. The Bertz CT molecular complexity index is 573. The van der Waals surface area contributed by atoms with Crippen LogP contribution in [0.3, 0.4) is 0 Å². The Labute approximate surface area is 128 Å². The first-order chi connectivity index (χ1) is 10.3. The average molecular weight is 306 g/mol. The third-order valence-corrected chi connectivity index (χ3v) is 2.85. The smallest absolute Gasteiger partial charge is 0.120 e. The van der Waals surface area contributed by atoms with E-state index < -0.39 is 0 Å². The van der Waals surface area contributed by atoms with Gasteiger partial charge in [0.15, 0.2) is 0 Å². The summed E-state index contributed by atoms with van der Waals surface area (Å²) in [5, 5.41) is 4.69. The maximum Gasteiger partial charge on any atom is 0.120 e. The zero-order valence-electron chi connectivity index (χ0n) is 11.7. The fourth-order valence-corrected chi connectivity index (χ4v) is 1.65. The van der Waals surface area contributed by atoms with E-state index in [0.717, 1.165) is 12.2 Å². The molecule has 0 aliphatic rings. The summed E-state index contributed by atoms with van der Waals surface area (Å²) < 4.78 is 5.54. The lowest BCUT2D eigenvalue weighted by Gasteiger charge is -2.05. The minimum absolute atomic E-state index is 0.477. The van der Waals surface area contributed by atoms with Crippen molar-refractivity contribution in [2.45, 2.75) is 13.3 Å². The Morgan fingerprint density at radius 3 is 2.71 bits per heavy atom. The van der Waals surface area contributed by atoms with Gasteiger partial charge in [-0.15, -0.1) is 0 Å². The van der Waals surface area contributed by atoms with Crippen molar-refractivity contribution >= 4 is 17.3 Å². The zero-order valence-corrected chi connectivity index (χ0v) is 12.5. The molecule has 1 aromatic carbocycles. The number of nitrogens with zero attached hydrogens (tertiary/aromatic N) is 3. The fraction of sp³-hybridized carbons (Fsp3) is 0.267. The summed E-state index contributed by atoms with van der Waals surface area (Å²) in [6.07, 6.45) is 5.62. The van der Waals surface area contributed by atoms with Crippen LogP contribution in [0, 0.1) is 0 Å². The molecule has 0 aliphatic heterocycles. The van der Waals surface area contributed by atoms with Gasteiger partial charge in [0.25, 0.3) is 0 Å². The fourth-order valence-electron chi connectivity index (χ4n) is 1.52. The van der Waals surface area contributed by atoms with Gasteiger partial charge >= 0.3 is 0 Å². The highest BCUT2D eigenvalue weighted by molar-refractivity contribution is 6.30. The number of halogens is 1. The van der Waals surface area contributed by atoms with E-state index in [1.54, 1.807) is 30.7 Å². The maximum atomic E-state index is 5.79. The van der Waals surface area contributed by atoms with Gasteiger partial charge in [-0.3, -0.25) is 9.97 Å². The standard InChI is InChI=1S/C15H16ClN3O2/c1-12(15-11-17-7-8-18-15)19-21-10-2-9-20-14-5-3-13(16)4-6-14/h3-8,11H,2,9-10H2,1H3/b19-12+. The van der Waals surface area contributed by atoms with Crippen molar-refractivity contribution < 1.29 is 9.57 Å². The zero-order chi connectivity index (χ0) is 14.9. The summed E-state index contributed by atoms with van der Waals surface area (Å²) in [5.74, 6) is 0.790. The predicted molar refractivity (Wildman–Crippen MR) is 81.8 cm³/mol. The topological polar surface area (TPSA) is 56.6 Å². The van der Waals surface area contributed by atoms with Crippen LogP contribution in [0.15, 0.2) is 48.0 Å². The Morgan fingerprint density at radius 2 is 2.00 bits per heavy atom. The third-order valence-electron chi connectivity index (χ3n) is 2.60. The summed E-state index contributed by atoms with van der Waals surface area (Å²) in [6, 6.07) is 7.25. The molecule has 0 radical (unpaired) electrons. The van der Waals surface area contributed by atoms with E-state index in [4.69, 9.17) is 21.2 Å². The summed E-state index contributed by atoms with van der Waals surface area (Å²) in [7, 11) is 0. The summed E-state index contributed by atoms with van der Waals surface area (Å²) in [6.45, 7) is 2.86. The van der Waals surface area contributed by atoms with E-state index in [1.807, 2.05) is 19.1 Å². The number of aromatic nitrogens is 2. The van der Waals surface area contributed by atoms with E-state index in [2.05, 4.69) is 15.1 Å². The van der Waals surface area contributed by atoms with E-state index in [-0.39, 0.29) is 0 Å².